The second kappa shape index (κ2) is 9.78. The second-order valence-electron chi connectivity index (χ2n) is 7.41. The summed E-state index contributed by atoms with van der Waals surface area (Å²) in [6.45, 7) is 1.42. The van der Waals surface area contributed by atoms with Crippen molar-refractivity contribution in [2.75, 3.05) is 20.2 Å². The average Bonchev–Trinajstić information content (AvgIpc) is 3.41. The van der Waals surface area contributed by atoms with Crippen LogP contribution >= 0.6 is 12.4 Å². The highest BCUT2D eigenvalue weighted by Crippen LogP contribution is 2.32. The molecule has 1 aromatic heterocycles. The van der Waals surface area contributed by atoms with E-state index in [-0.39, 0.29) is 36.2 Å². The van der Waals surface area contributed by atoms with E-state index in [1.165, 1.54) is 0 Å². The molecule has 1 amide bonds. The van der Waals surface area contributed by atoms with Gasteiger partial charge in [-0.05, 0) is 17.2 Å². The molecule has 2 N–H and O–H groups in total. The minimum Gasteiger partial charge on any atom is -0.496 e. The zero-order chi connectivity index (χ0) is 20.2. The van der Waals surface area contributed by atoms with E-state index in [2.05, 4.69) is 15.7 Å². The van der Waals surface area contributed by atoms with Crippen LogP contribution in [0.15, 0.2) is 67.0 Å². The van der Waals surface area contributed by atoms with Gasteiger partial charge in [-0.15, -0.1) is 12.4 Å². The molecule has 1 unspecified atom stereocenters. The molecule has 2 heterocycles. The van der Waals surface area contributed by atoms with E-state index in [0.717, 1.165) is 29.0 Å². The van der Waals surface area contributed by atoms with E-state index in [1.807, 2.05) is 74.0 Å². The van der Waals surface area contributed by atoms with E-state index in [4.69, 9.17) is 4.74 Å². The predicted molar refractivity (Wildman–Crippen MR) is 119 cm³/mol. The van der Waals surface area contributed by atoms with Gasteiger partial charge in [0.1, 0.15) is 5.75 Å². The van der Waals surface area contributed by atoms with Crippen LogP contribution in [0.5, 0.6) is 5.75 Å². The van der Waals surface area contributed by atoms with E-state index in [1.54, 1.807) is 11.8 Å². The van der Waals surface area contributed by atoms with Crippen molar-refractivity contribution in [3.8, 4) is 5.75 Å². The van der Waals surface area contributed by atoms with Gasteiger partial charge in [0.05, 0.1) is 25.3 Å². The fraction of sp³-hybridized carbons (Fsp3) is 0.304. The molecule has 1 aliphatic rings. The van der Waals surface area contributed by atoms with Crippen LogP contribution < -0.4 is 15.4 Å². The summed E-state index contributed by atoms with van der Waals surface area (Å²) < 4.78 is 7.36. The van der Waals surface area contributed by atoms with Crippen molar-refractivity contribution in [3.63, 3.8) is 0 Å². The van der Waals surface area contributed by atoms with Gasteiger partial charge in [0.2, 0.25) is 5.91 Å². The summed E-state index contributed by atoms with van der Waals surface area (Å²) >= 11 is 0. The highest BCUT2D eigenvalue weighted by molar-refractivity contribution is 5.85. The Hall–Kier alpha value is -2.83. The Kier molecular flexibility index (Phi) is 7.13. The Bertz CT molecular complexity index is 976. The first kappa shape index (κ1) is 21.9. The lowest BCUT2D eigenvalue weighted by Crippen LogP contribution is -2.37. The number of halogens is 1. The summed E-state index contributed by atoms with van der Waals surface area (Å²) in [6.07, 6.45) is 3.85. The van der Waals surface area contributed by atoms with Gasteiger partial charge in [0, 0.05) is 37.8 Å². The number of carbonyl (C=O) groups excluding carboxylic acids is 1. The molecule has 0 radical (unpaired) electrons. The van der Waals surface area contributed by atoms with Crippen LogP contribution in [0.25, 0.3) is 0 Å². The molecule has 4 rings (SSSR count). The lowest BCUT2D eigenvalue weighted by molar-refractivity contribution is -0.125. The third kappa shape index (κ3) is 4.50. The Morgan fingerprint density at radius 3 is 2.60 bits per heavy atom. The standard InChI is InChI=1S/C23H26N4O2.ClH/c1-27-15-17(12-25-27)19-13-24-14-20(19)23(28)26-22(16-8-4-3-5-9-16)18-10-6-7-11-21(18)29-2;/h3-12,15,19-20,22,24H,13-14H2,1-2H3,(H,26,28);1H/t19-,20+,22?;/m1./s1. The van der Waals surface area contributed by atoms with Crippen LogP contribution in [0.4, 0.5) is 0 Å². The average molecular weight is 427 g/mol. The van der Waals surface area contributed by atoms with Crippen molar-refractivity contribution < 1.29 is 9.53 Å². The first-order valence-electron chi connectivity index (χ1n) is 9.85. The minimum atomic E-state index is -0.282. The van der Waals surface area contributed by atoms with Gasteiger partial charge in [0.15, 0.2) is 0 Å². The molecule has 1 saturated heterocycles. The van der Waals surface area contributed by atoms with Gasteiger partial charge >= 0.3 is 0 Å². The van der Waals surface area contributed by atoms with Crippen molar-refractivity contribution in [2.45, 2.75) is 12.0 Å². The largest absolute Gasteiger partial charge is 0.496 e. The number of aromatic nitrogens is 2. The topological polar surface area (TPSA) is 68.2 Å². The zero-order valence-electron chi connectivity index (χ0n) is 17.1. The lowest BCUT2D eigenvalue weighted by atomic mass is 9.89. The third-order valence-corrected chi connectivity index (χ3v) is 5.57. The van der Waals surface area contributed by atoms with E-state index in [0.29, 0.717) is 6.54 Å². The van der Waals surface area contributed by atoms with Crippen LogP contribution in [-0.4, -0.2) is 35.9 Å². The number of aryl methyl sites for hydroxylation is 1. The van der Waals surface area contributed by atoms with E-state index >= 15 is 0 Å². The summed E-state index contributed by atoms with van der Waals surface area (Å²) in [7, 11) is 3.55. The van der Waals surface area contributed by atoms with Gasteiger partial charge in [-0.1, -0.05) is 48.5 Å². The fourth-order valence-electron chi connectivity index (χ4n) is 4.08. The molecule has 1 fully saturated rings. The smallest absolute Gasteiger partial charge is 0.225 e. The highest BCUT2D eigenvalue weighted by Gasteiger charge is 2.36. The first-order valence-corrected chi connectivity index (χ1v) is 9.85. The Balaban J connectivity index is 0.00000256. The second-order valence-corrected chi connectivity index (χ2v) is 7.41. The van der Waals surface area contributed by atoms with Crippen molar-refractivity contribution in [1.29, 1.82) is 0 Å². The number of carbonyl (C=O) groups is 1. The number of nitrogens with one attached hydrogen (secondary N) is 2. The Morgan fingerprint density at radius 2 is 1.90 bits per heavy atom. The molecule has 1 aliphatic heterocycles. The molecule has 7 heteroatoms. The van der Waals surface area contributed by atoms with Gasteiger partial charge in [0.25, 0.3) is 0 Å². The van der Waals surface area contributed by atoms with Crippen LogP contribution in [0.3, 0.4) is 0 Å². The normalized spacial score (nSPS) is 19.0. The number of benzene rings is 2. The molecular weight excluding hydrogens is 400 g/mol. The summed E-state index contributed by atoms with van der Waals surface area (Å²) in [5.41, 5.74) is 3.05. The molecule has 3 atom stereocenters. The molecular formula is C23H27ClN4O2. The predicted octanol–water partition coefficient (Wildman–Crippen LogP) is 3.06. The number of methoxy groups -OCH3 is 1. The van der Waals surface area contributed by atoms with Gasteiger partial charge in [-0.3, -0.25) is 9.48 Å². The number of rotatable bonds is 6. The minimum absolute atomic E-state index is 0. The Morgan fingerprint density at radius 1 is 1.17 bits per heavy atom. The summed E-state index contributed by atoms with van der Waals surface area (Å²) in [5, 5.41) is 10.9. The SMILES string of the molecule is COc1ccccc1C(NC(=O)[C@H]1CNC[C@@H]1c1cnn(C)c1)c1ccccc1.Cl. The van der Waals surface area contributed by atoms with Gasteiger partial charge in [-0.25, -0.2) is 0 Å². The number of amides is 1. The maximum atomic E-state index is 13.4. The molecule has 6 nitrogen and oxygen atoms in total. The number of para-hydroxylation sites is 1. The van der Waals surface area contributed by atoms with Gasteiger partial charge in [-0.2, -0.15) is 5.10 Å². The lowest BCUT2D eigenvalue weighted by Gasteiger charge is -2.25. The number of ether oxygens (including phenoxy) is 1. The molecule has 0 bridgehead atoms. The molecule has 3 aromatic rings. The molecule has 0 aliphatic carbocycles. The maximum absolute atomic E-state index is 13.4. The summed E-state index contributed by atoms with van der Waals surface area (Å²) in [5.74, 6) is 0.747. The van der Waals surface area contributed by atoms with Crippen molar-refractivity contribution in [2.24, 2.45) is 13.0 Å². The van der Waals surface area contributed by atoms with Crippen LogP contribution in [0.1, 0.15) is 28.7 Å². The maximum Gasteiger partial charge on any atom is 0.225 e. The third-order valence-electron chi connectivity index (χ3n) is 5.57. The molecule has 2 aromatic carbocycles. The van der Waals surface area contributed by atoms with Crippen molar-refractivity contribution >= 4 is 18.3 Å². The Labute approximate surface area is 183 Å². The number of nitrogens with zero attached hydrogens (tertiary/aromatic N) is 2. The summed E-state index contributed by atoms with van der Waals surface area (Å²) in [4.78, 5) is 13.4. The van der Waals surface area contributed by atoms with E-state index < -0.39 is 0 Å². The van der Waals surface area contributed by atoms with Crippen LogP contribution in [-0.2, 0) is 11.8 Å². The van der Waals surface area contributed by atoms with E-state index in [9.17, 15) is 4.79 Å². The number of hydrogen-bond donors (Lipinski definition) is 2. The number of hydrogen-bond acceptors (Lipinski definition) is 4. The van der Waals surface area contributed by atoms with Crippen LogP contribution in [0, 0.1) is 5.92 Å². The summed E-state index contributed by atoms with van der Waals surface area (Å²) in [6, 6.07) is 17.6. The molecule has 0 saturated carbocycles. The molecule has 0 spiro atoms. The zero-order valence-corrected chi connectivity index (χ0v) is 17.9. The van der Waals surface area contributed by atoms with Gasteiger partial charge < -0.3 is 15.4 Å². The fourth-order valence-corrected chi connectivity index (χ4v) is 4.08. The molecule has 158 valence electrons. The first-order chi connectivity index (χ1) is 14.2. The van der Waals surface area contributed by atoms with Crippen molar-refractivity contribution in [1.82, 2.24) is 20.4 Å². The quantitative estimate of drug-likeness (QED) is 0.635. The van der Waals surface area contributed by atoms with Crippen molar-refractivity contribution in [3.05, 3.63) is 83.7 Å². The van der Waals surface area contributed by atoms with Crippen LogP contribution in [0.2, 0.25) is 0 Å². The highest BCUT2D eigenvalue weighted by atomic mass is 35.5. The monoisotopic (exact) mass is 426 g/mol. The molecule has 30 heavy (non-hydrogen) atoms.